The van der Waals surface area contributed by atoms with E-state index in [4.69, 9.17) is 21.7 Å². The number of carbonyl (C=O) groups is 6. The summed E-state index contributed by atoms with van der Waals surface area (Å²) < 4.78 is 0. The van der Waals surface area contributed by atoms with Gasteiger partial charge in [0.25, 0.3) is 0 Å². The topological polar surface area (TPSA) is 247 Å². The molecule has 0 rings (SSSR count). The molecule has 0 radical (unpaired) electrons. The Labute approximate surface area is 230 Å². The van der Waals surface area contributed by atoms with Crippen molar-refractivity contribution in [1.29, 1.82) is 0 Å². The fourth-order valence-corrected chi connectivity index (χ4v) is 2.86. The first-order valence-corrected chi connectivity index (χ1v) is 13.2. The lowest BCUT2D eigenvalue weighted by atomic mass is 10.0. The largest absolute Gasteiger partial charge is 0.590 e. The van der Waals surface area contributed by atoms with Crippen LogP contribution in [-0.4, -0.2) is 97.4 Å². The zero-order chi connectivity index (χ0) is 29.9. The molecule has 0 aliphatic heterocycles. The van der Waals surface area contributed by atoms with Gasteiger partial charge in [-0.15, -0.1) is 0 Å². The van der Waals surface area contributed by atoms with Crippen LogP contribution in [0.15, 0.2) is 0 Å². The number of nitrogens with one attached hydrogen (secondary N) is 2. The minimum Gasteiger partial charge on any atom is -0.590 e. The van der Waals surface area contributed by atoms with Gasteiger partial charge in [0.05, 0.1) is 0 Å². The van der Waals surface area contributed by atoms with Crippen molar-refractivity contribution in [3.05, 3.63) is 10.9 Å². The molecule has 0 aromatic rings. The number of nitrogens with two attached hydrogens (primary N) is 2. The van der Waals surface area contributed by atoms with Gasteiger partial charge in [-0.2, -0.15) is 0 Å². The van der Waals surface area contributed by atoms with E-state index in [2.05, 4.69) is 21.7 Å². The second-order valence-electron chi connectivity index (χ2n) is 8.96. The second kappa shape index (κ2) is 27.3. The highest BCUT2D eigenvalue weighted by atomic mass is 16.3. The van der Waals surface area contributed by atoms with Crippen LogP contribution in [0.4, 0.5) is 0 Å². The first-order chi connectivity index (χ1) is 18.7. The van der Waals surface area contributed by atoms with Crippen LogP contribution >= 0.6 is 0 Å². The molecule has 0 aliphatic rings. The van der Waals surface area contributed by atoms with Crippen molar-refractivity contribution in [3.8, 4) is 0 Å². The Morgan fingerprint density at radius 3 is 1.59 bits per heavy atom. The fraction of sp³-hybridized carbons (Fsp3) is 0.760. The van der Waals surface area contributed by atoms with E-state index in [9.17, 15) is 28.8 Å². The van der Waals surface area contributed by atoms with Crippen molar-refractivity contribution in [1.82, 2.24) is 10.9 Å². The van der Waals surface area contributed by atoms with Gasteiger partial charge in [-0.05, 0) is 51.1 Å². The Morgan fingerprint density at radius 2 is 1.21 bits per heavy atom. The molecule has 39 heavy (non-hydrogen) atoms. The molecule has 0 saturated carbocycles. The van der Waals surface area contributed by atoms with Crippen LogP contribution in [-0.2, 0) is 28.8 Å². The minimum atomic E-state index is -0.621. The van der Waals surface area contributed by atoms with Crippen molar-refractivity contribution >= 4 is 35.7 Å². The number of aliphatic hydroxyl groups is 2. The smallest absolute Gasteiger partial charge is 0.196 e. The van der Waals surface area contributed by atoms with Gasteiger partial charge in [-0.1, -0.05) is 32.9 Å². The molecule has 0 aliphatic carbocycles. The van der Waals surface area contributed by atoms with Crippen LogP contribution in [0.1, 0.15) is 64.7 Å². The third-order valence-electron chi connectivity index (χ3n) is 5.26. The molecule has 0 bridgehead atoms. The predicted octanol–water partition coefficient (Wildman–Crippen LogP) is -0.810. The molecule has 226 valence electrons. The lowest BCUT2D eigenvalue weighted by molar-refractivity contribution is -0.136. The Hall–Kier alpha value is -2.30. The van der Waals surface area contributed by atoms with Gasteiger partial charge in [0.1, 0.15) is 12.6 Å². The average Bonchev–Trinajstić information content (AvgIpc) is 2.94. The number of Topliss-reactive ketones (excluding diaryl/α,β-unsaturated/α-hetero) is 4. The molecule has 0 spiro atoms. The number of aliphatic hydroxyl groups excluding tert-OH is 2. The Morgan fingerprint density at radius 1 is 0.744 bits per heavy atom. The molecule has 0 heterocycles. The van der Waals surface area contributed by atoms with Crippen LogP contribution in [0.25, 0.3) is 10.9 Å². The summed E-state index contributed by atoms with van der Waals surface area (Å²) in [6.45, 7) is 1.98. The molecular weight excluding hydrogens is 512 g/mol. The first-order valence-electron chi connectivity index (χ1n) is 13.2. The molecule has 14 nitrogen and oxygen atoms in total. The monoisotopic (exact) mass is 558 g/mol. The normalized spacial score (nSPS) is 12.9. The number of unbranched alkanes of at least 4 members (excludes halogenated alkanes) is 2. The van der Waals surface area contributed by atoms with E-state index in [1.165, 1.54) is 0 Å². The Kier molecular flexibility index (Phi) is 27.2. The summed E-state index contributed by atoms with van der Waals surface area (Å²) in [5.74, 6) is -2.58. The lowest BCUT2D eigenvalue weighted by Crippen LogP contribution is -2.30. The van der Waals surface area contributed by atoms with E-state index in [-0.39, 0.29) is 51.5 Å². The van der Waals surface area contributed by atoms with E-state index >= 15 is 0 Å². The predicted molar refractivity (Wildman–Crippen MR) is 145 cm³/mol. The number of aldehydes is 2. The van der Waals surface area contributed by atoms with Crippen molar-refractivity contribution in [2.45, 2.75) is 76.8 Å². The standard InChI is InChI=1S/C13H25N3O4.C12H23N3O4/c1-10(8-17)6-12(19)13(20)7-15-16-11(9-18)4-2-3-5-14;13-6-2-1-4-10(9-17)15-14-8-12(19)11(18)5-3-7-16/h9-11,17H,2-8,14H2,1H3,(H2,15,16,19,20);9-10,16H,1-8,13H2,(H2,14,15,18,19)/p-2/t10?,11-;10-/m11/s1. The van der Waals surface area contributed by atoms with E-state index in [1.807, 2.05) is 0 Å². The summed E-state index contributed by atoms with van der Waals surface area (Å²) in [7, 11) is 0. The molecule has 14 heteroatoms. The quantitative estimate of drug-likeness (QED) is 0.0330. The van der Waals surface area contributed by atoms with E-state index in [0.717, 1.165) is 38.3 Å². The van der Waals surface area contributed by atoms with Crippen LogP contribution in [0.3, 0.4) is 0 Å². The lowest BCUT2D eigenvalue weighted by Gasteiger charge is -2.25. The van der Waals surface area contributed by atoms with Crippen molar-refractivity contribution in [3.63, 3.8) is 0 Å². The van der Waals surface area contributed by atoms with Gasteiger partial charge in [-0.3, -0.25) is 19.2 Å². The third-order valence-corrected chi connectivity index (χ3v) is 5.26. The third kappa shape index (κ3) is 23.3. The SMILES string of the molecule is CC(CO)CC(=O)C(=O)C[N-]N[C@@H](C=O)CCCCN.NCCCC[C@H](C=O)N[N-]CC(=O)C(=O)CCCO. The summed E-state index contributed by atoms with van der Waals surface area (Å²) in [5.41, 5.74) is 23.3. The number of nitrogens with zero attached hydrogens (tertiary/aromatic N) is 2. The van der Waals surface area contributed by atoms with Crippen LogP contribution in [0.5, 0.6) is 0 Å². The van der Waals surface area contributed by atoms with Crippen molar-refractivity contribution in [2.75, 3.05) is 39.4 Å². The fourth-order valence-electron chi connectivity index (χ4n) is 2.86. The number of carbonyl (C=O) groups excluding carboxylic acids is 6. The molecule has 0 aromatic heterocycles. The highest BCUT2D eigenvalue weighted by molar-refractivity contribution is 6.38. The van der Waals surface area contributed by atoms with E-state index in [1.54, 1.807) is 6.92 Å². The van der Waals surface area contributed by atoms with Gasteiger partial charge < -0.3 is 53.0 Å². The second-order valence-corrected chi connectivity index (χ2v) is 8.96. The molecule has 0 amide bonds. The zero-order valence-electron chi connectivity index (χ0n) is 22.9. The molecule has 3 atom stereocenters. The molecule has 0 fully saturated rings. The molecule has 1 unspecified atom stereocenters. The summed E-state index contributed by atoms with van der Waals surface area (Å²) in [6, 6.07) is -0.910. The van der Waals surface area contributed by atoms with E-state index in [0.29, 0.717) is 25.9 Å². The molecular formula is C25H46N6O8-2. The molecule has 0 saturated heterocycles. The zero-order valence-corrected chi connectivity index (χ0v) is 22.9. The van der Waals surface area contributed by atoms with Crippen LogP contribution in [0, 0.1) is 5.92 Å². The van der Waals surface area contributed by atoms with Gasteiger partial charge >= 0.3 is 0 Å². The molecule has 8 N–H and O–H groups in total. The maximum absolute atomic E-state index is 11.5. The number of hydrogen-bond donors (Lipinski definition) is 6. The Balaban J connectivity index is 0. The minimum absolute atomic E-state index is 0.0124. The first kappa shape index (κ1) is 38.8. The van der Waals surface area contributed by atoms with Crippen molar-refractivity contribution in [2.24, 2.45) is 17.4 Å². The highest BCUT2D eigenvalue weighted by Crippen LogP contribution is 2.04. The summed E-state index contributed by atoms with van der Waals surface area (Å²) >= 11 is 0. The maximum Gasteiger partial charge on any atom is 0.196 e. The van der Waals surface area contributed by atoms with Crippen LogP contribution in [0.2, 0.25) is 0 Å². The van der Waals surface area contributed by atoms with Gasteiger partial charge in [-0.25, -0.2) is 0 Å². The summed E-state index contributed by atoms with van der Waals surface area (Å²) in [5, 5.41) is 17.3. The summed E-state index contributed by atoms with van der Waals surface area (Å²) in [6.07, 6.45) is 6.18. The van der Waals surface area contributed by atoms with Crippen LogP contribution < -0.4 is 22.3 Å². The van der Waals surface area contributed by atoms with Crippen molar-refractivity contribution < 1.29 is 39.0 Å². The maximum atomic E-state index is 11.5. The van der Waals surface area contributed by atoms with E-state index < -0.39 is 35.2 Å². The molecule has 0 aromatic carbocycles. The van der Waals surface area contributed by atoms with Gasteiger partial charge in [0.2, 0.25) is 0 Å². The average molecular weight is 559 g/mol. The number of ketones is 4. The summed E-state index contributed by atoms with van der Waals surface area (Å²) in [4.78, 5) is 66.9. The van der Waals surface area contributed by atoms with Gasteiger partial charge in [0, 0.05) is 38.1 Å². The highest BCUT2D eigenvalue weighted by Gasteiger charge is 2.13. The Bertz CT molecular complexity index is 710. The number of hydrogen-bond acceptors (Lipinski definition) is 12. The van der Waals surface area contributed by atoms with Gasteiger partial charge in [0.15, 0.2) is 23.1 Å². The number of rotatable bonds is 26.